The van der Waals surface area contributed by atoms with Crippen LogP contribution in [0.2, 0.25) is 5.02 Å². The molecule has 0 radical (unpaired) electrons. The SMILES string of the molecule is CCCNC1CC2CCC(C1)N2c1ccc(F)c(Cl)c1. The normalized spacial score (nSPS) is 28.9. The Morgan fingerprint density at radius 2 is 2.00 bits per heavy atom. The highest BCUT2D eigenvalue weighted by Crippen LogP contribution is 2.40. The molecule has 2 aliphatic heterocycles. The Morgan fingerprint density at radius 3 is 2.60 bits per heavy atom. The van der Waals surface area contributed by atoms with Gasteiger partial charge >= 0.3 is 0 Å². The molecule has 2 saturated heterocycles. The zero-order valence-electron chi connectivity index (χ0n) is 11.9. The molecule has 4 heteroatoms. The standard InChI is InChI=1S/C16H22ClFN2/c1-2-7-19-11-8-12-3-4-13(9-11)20(12)14-5-6-16(18)15(17)10-14/h5-6,10-13,19H,2-4,7-9H2,1H3. The number of piperidine rings is 1. The lowest BCUT2D eigenvalue weighted by molar-refractivity contribution is 0.356. The van der Waals surface area contributed by atoms with Crippen LogP contribution >= 0.6 is 11.6 Å². The Hall–Kier alpha value is -0.800. The van der Waals surface area contributed by atoms with Crippen molar-refractivity contribution in [1.29, 1.82) is 0 Å². The maximum absolute atomic E-state index is 13.3. The van der Waals surface area contributed by atoms with Gasteiger partial charge in [0.15, 0.2) is 0 Å². The van der Waals surface area contributed by atoms with Crippen molar-refractivity contribution in [1.82, 2.24) is 5.32 Å². The highest BCUT2D eigenvalue weighted by atomic mass is 35.5. The number of benzene rings is 1. The van der Waals surface area contributed by atoms with Crippen molar-refractivity contribution >= 4 is 17.3 Å². The second-order valence-electron chi connectivity index (χ2n) is 6.01. The number of nitrogens with zero attached hydrogens (tertiary/aromatic N) is 1. The van der Waals surface area contributed by atoms with E-state index in [2.05, 4.69) is 17.1 Å². The number of nitrogens with one attached hydrogen (secondary N) is 1. The summed E-state index contributed by atoms with van der Waals surface area (Å²) in [5.74, 6) is -0.331. The van der Waals surface area contributed by atoms with Crippen LogP contribution in [0.3, 0.4) is 0 Å². The number of fused-ring (bicyclic) bond motifs is 2. The van der Waals surface area contributed by atoms with E-state index in [4.69, 9.17) is 11.6 Å². The zero-order valence-corrected chi connectivity index (χ0v) is 12.7. The second-order valence-corrected chi connectivity index (χ2v) is 6.42. The van der Waals surface area contributed by atoms with Crippen molar-refractivity contribution in [2.24, 2.45) is 0 Å². The molecule has 20 heavy (non-hydrogen) atoms. The Labute approximate surface area is 125 Å². The first kappa shape index (κ1) is 14.2. The lowest BCUT2D eigenvalue weighted by Gasteiger charge is -2.41. The molecule has 0 spiro atoms. The van der Waals surface area contributed by atoms with Gasteiger partial charge in [-0.1, -0.05) is 18.5 Å². The molecule has 2 atom stereocenters. The van der Waals surface area contributed by atoms with Crippen molar-refractivity contribution in [2.75, 3.05) is 11.4 Å². The maximum Gasteiger partial charge on any atom is 0.141 e. The molecule has 0 amide bonds. The topological polar surface area (TPSA) is 15.3 Å². The number of halogens is 2. The fourth-order valence-electron chi connectivity index (χ4n) is 3.76. The van der Waals surface area contributed by atoms with Crippen LogP contribution in [0.15, 0.2) is 18.2 Å². The van der Waals surface area contributed by atoms with Gasteiger partial charge in [0.05, 0.1) is 5.02 Å². The number of hydrogen-bond donors (Lipinski definition) is 1. The summed E-state index contributed by atoms with van der Waals surface area (Å²) in [6.45, 7) is 3.31. The molecule has 1 aromatic rings. The molecule has 2 heterocycles. The lowest BCUT2D eigenvalue weighted by atomic mass is 9.96. The number of anilines is 1. The van der Waals surface area contributed by atoms with Crippen LogP contribution in [0.25, 0.3) is 0 Å². The molecule has 0 aromatic heterocycles. The van der Waals surface area contributed by atoms with E-state index in [0.717, 1.165) is 12.2 Å². The van der Waals surface area contributed by atoms with E-state index >= 15 is 0 Å². The van der Waals surface area contributed by atoms with E-state index in [0.29, 0.717) is 18.1 Å². The number of rotatable bonds is 4. The van der Waals surface area contributed by atoms with E-state index < -0.39 is 0 Å². The van der Waals surface area contributed by atoms with Crippen molar-refractivity contribution in [3.8, 4) is 0 Å². The fraction of sp³-hybridized carbons (Fsp3) is 0.625. The van der Waals surface area contributed by atoms with Gasteiger partial charge in [-0.2, -0.15) is 0 Å². The first-order chi connectivity index (χ1) is 9.69. The molecular formula is C16H22ClFN2. The largest absolute Gasteiger partial charge is 0.365 e. The van der Waals surface area contributed by atoms with Crippen LogP contribution < -0.4 is 10.2 Å². The summed E-state index contributed by atoms with van der Waals surface area (Å²) in [5.41, 5.74) is 1.08. The molecule has 2 nitrogen and oxygen atoms in total. The van der Waals surface area contributed by atoms with Gasteiger partial charge in [-0.15, -0.1) is 0 Å². The molecule has 110 valence electrons. The highest BCUT2D eigenvalue weighted by Gasteiger charge is 2.40. The second kappa shape index (κ2) is 5.90. The average Bonchev–Trinajstić information content (AvgIpc) is 2.71. The van der Waals surface area contributed by atoms with Crippen LogP contribution in [0.5, 0.6) is 0 Å². The van der Waals surface area contributed by atoms with Gasteiger partial charge in [-0.25, -0.2) is 4.39 Å². The van der Waals surface area contributed by atoms with Crippen LogP contribution in [-0.2, 0) is 0 Å². The van der Waals surface area contributed by atoms with E-state index in [1.807, 2.05) is 6.07 Å². The highest BCUT2D eigenvalue weighted by molar-refractivity contribution is 6.31. The molecule has 2 bridgehead atoms. The predicted molar refractivity (Wildman–Crippen MR) is 82.0 cm³/mol. The van der Waals surface area contributed by atoms with E-state index in [1.165, 1.54) is 38.2 Å². The van der Waals surface area contributed by atoms with E-state index in [1.54, 1.807) is 6.07 Å². The Morgan fingerprint density at radius 1 is 1.30 bits per heavy atom. The van der Waals surface area contributed by atoms with Crippen LogP contribution in [0, 0.1) is 5.82 Å². The van der Waals surface area contributed by atoms with Gasteiger partial charge in [0.2, 0.25) is 0 Å². The summed E-state index contributed by atoms with van der Waals surface area (Å²) in [4.78, 5) is 2.47. The van der Waals surface area contributed by atoms with Crippen LogP contribution in [0.1, 0.15) is 39.0 Å². The van der Waals surface area contributed by atoms with Crippen molar-refractivity contribution in [3.05, 3.63) is 29.0 Å². The minimum Gasteiger partial charge on any atom is -0.365 e. The van der Waals surface area contributed by atoms with Crippen LogP contribution in [0.4, 0.5) is 10.1 Å². The third-order valence-corrected chi connectivity index (χ3v) is 4.91. The van der Waals surface area contributed by atoms with Gasteiger partial charge in [-0.3, -0.25) is 0 Å². The summed E-state index contributed by atoms with van der Waals surface area (Å²) in [7, 11) is 0. The first-order valence-corrected chi connectivity index (χ1v) is 8.03. The van der Waals surface area contributed by atoms with E-state index in [-0.39, 0.29) is 10.8 Å². The van der Waals surface area contributed by atoms with Crippen molar-refractivity contribution in [3.63, 3.8) is 0 Å². The van der Waals surface area contributed by atoms with Crippen LogP contribution in [-0.4, -0.2) is 24.7 Å². The summed E-state index contributed by atoms with van der Waals surface area (Å²) in [6, 6.07) is 6.92. The predicted octanol–water partition coefficient (Wildman–Crippen LogP) is 3.98. The molecule has 2 fully saturated rings. The Bertz CT molecular complexity index is 466. The number of hydrogen-bond acceptors (Lipinski definition) is 2. The Balaban J connectivity index is 1.74. The molecule has 2 unspecified atom stereocenters. The monoisotopic (exact) mass is 296 g/mol. The maximum atomic E-state index is 13.3. The fourth-order valence-corrected chi connectivity index (χ4v) is 3.93. The van der Waals surface area contributed by atoms with Gasteiger partial charge in [-0.05, 0) is 56.8 Å². The summed E-state index contributed by atoms with van der Waals surface area (Å²) in [5, 5.41) is 3.88. The third kappa shape index (κ3) is 2.66. The van der Waals surface area contributed by atoms with Gasteiger partial charge < -0.3 is 10.2 Å². The average molecular weight is 297 g/mol. The molecule has 2 aliphatic rings. The Kier molecular flexibility index (Phi) is 4.18. The van der Waals surface area contributed by atoms with Crippen molar-refractivity contribution in [2.45, 2.75) is 57.2 Å². The summed E-state index contributed by atoms with van der Waals surface area (Å²) in [6.07, 6.45) is 6.04. The minimum absolute atomic E-state index is 0.230. The van der Waals surface area contributed by atoms with E-state index in [9.17, 15) is 4.39 Å². The zero-order chi connectivity index (χ0) is 14.1. The molecule has 1 N–H and O–H groups in total. The lowest BCUT2D eigenvalue weighted by Crippen LogP contribution is -2.49. The van der Waals surface area contributed by atoms with Crippen molar-refractivity contribution < 1.29 is 4.39 Å². The molecule has 3 rings (SSSR count). The minimum atomic E-state index is -0.331. The summed E-state index contributed by atoms with van der Waals surface area (Å²) < 4.78 is 13.3. The summed E-state index contributed by atoms with van der Waals surface area (Å²) >= 11 is 5.93. The first-order valence-electron chi connectivity index (χ1n) is 7.65. The van der Waals surface area contributed by atoms with Gasteiger partial charge in [0, 0.05) is 23.8 Å². The molecule has 1 aromatic carbocycles. The molecular weight excluding hydrogens is 275 g/mol. The quantitative estimate of drug-likeness (QED) is 0.904. The molecule has 0 saturated carbocycles. The smallest absolute Gasteiger partial charge is 0.141 e. The van der Waals surface area contributed by atoms with Gasteiger partial charge in [0.1, 0.15) is 5.82 Å². The van der Waals surface area contributed by atoms with Gasteiger partial charge in [0.25, 0.3) is 0 Å². The third-order valence-electron chi connectivity index (χ3n) is 4.62. The molecule has 0 aliphatic carbocycles.